The summed E-state index contributed by atoms with van der Waals surface area (Å²) in [6, 6.07) is 2.06. The number of nitrogens with one attached hydrogen (secondary N) is 1. The van der Waals surface area contributed by atoms with Gasteiger partial charge in [0, 0.05) is 50.8 Å². The van der Waals surface area contributed by atoms with Crippen LogP contribution < -0.4 is 5.32 Å². The van der Waals surface area contributed by atoms with Gasteiger partial charge in [0.25, 0.3) is 0 Å². The first kappa shape index (κ1) is 15.9. The van der Waals surface area contributed by atoms with E-state index in [9.17, 15) is 0 Å². The number of piperazine rings is 1. The van der Waals surface area contributed by atoms with Crippen LogP contribution in [0.1, 0.15) is 47.5 Å². The molecule has 1 heterocycles. The Labute approximate surface area is 114 Å². The summed E-state index contributed by atoms with van der Waals surface area (Å²) < 4.78 is 0. The smallest absolute Gasteiger partial charge is 0.0193 e. The zero-order chi connectivity index (χ0) is 13.5. The first-order valence-electron chi connectivity index (χ1n) is 7.79. The third-order valence-electron chi connectivity index (χ3n) is 4.56. The fourth-order valence-corrected chi connectivity index (χ4v) is 2.52. The lowest BCUT2D eigenvalue weighted by molar-refractivity contribution is 0.0764. The van der Waals surface area contributed by atoms with Crippen LogP contribution in [0.3, 0.4) is 0 Å². The lowest BCUT2D eigenvalue weighted by Gasteiger charge is -2.40. The molecule has 0 aliphatic carbocycles. The molecule has 0 amide bonds. The molecule has 108 valence electrons. The van der Waals surface area contributed by atoms with Crippen LogP contribution >= 0.6 is 0 Å². The van der Waals surface area contributed by atoms with E-state index in [-0.39, 0.29) is 0 Å². The molecule has 3 nitrogen and oxygen atoms in total. The summed E-state index contributed by atoms with van der Waals surface area (Å²) in [5, 5.41) is 3.62. The monoisotopic (exact) mass is 255 g/mol. The predicted octanol–water partition coefficient (Wildman–Crippen LogP) is 2.18. The predicted molar refractivity (Wildman–Crippen MR) is 80.1 cm³/mol. The van der Waals surface area contributed by atoms with E-state index in [2.05, 4.69) is 49.7 Å². The van der Waals surface area contributed by atoms with Gasteiger partial charge in [-0.1, -0.05) is 13.8 Å². The first-order valence-corrected chi connectivity index (χ1v) is 7.79. The van der Waals surface area contributed by atoms with E-state index in [1.807, 2.05) is 0 Å². The lowest BCUT2D eigenvalue weighted by Crippen LogP contribution is -2.54. The Bertz CT molecular complexity index is 212. The van der Waals surface area contributed by atoms with E-state index >= 15 is 0 Å². The summed E-state index contributed by atoms with van der Waals surface area (Å²) in [7, 11) is 0. The zero-order valence-electron chi connectivity index (χ0n) is 13.1. The number of hydrogen-bond acceptors (Lipinski definition) is 3. The molecule has 0 spiro atoms. The summed E-state index contributed by atoms with van der Waals surface area (Å²) in [6.07, 6.45) is 2.49. The maximum Gasteiger partial charge on any atom is 0.0193 e. The Balaban J connectivity index is 2.25. The van der Waals surface area contributed by atoms with Crippen LogP contribution in [0.15, 0.2) is 0 Å². The van der Waals surface area contributed by atoms with Gasteiger partial charge in [-0.05, 0) is 33.6 Å². The van der Waals surface area contributed by atoms with Crippen molar-refractivity contribution in [1.29, 1.82) is 0 Å². The second-order valence-electron chi connectivity index (χ2n) is 5.90. The fraction of sp³-hybridized carbons (Fsp3) is 1.00. The molecular weight excluding hydrogens is 222 g/mol. The van der Waals surface area contributed by atoms with Gasteiger partial charge in [-0.25, -0.2) is 0 Å². The Hall–Kier alpha value is -0.120. The molecule has 0 aromatic carbocycles. The van der Waals surface area contributed by atoms with Crippen molar-refractivity contribution in [2.75, 3.05) is 32.7 Å². The zero-order valence-corrected chi connectivity index (χ0v) is 13.1. The molecule has 3 atom stereocenters. The average Bonchev–Trinajstić information content (AvgIpc) is 2.43. The van der Waals surface area contributed by atoms with Gasteiger partial charge in [-0.3, -0.25) is 9.80 Å². The largest absolute Gasteiger partial charge is 0.313 e. The van der Waals surface area contributed by atoms with E-state index in [4.69, 9.17) is 0 Å². The van der Waals surface area contributed by atoms with Crippen molar-refractivity contribution in [1.82, 2.24) is 15.1 Å². The Morgan fingerprint density at radius 3 is 1.78 bits per heavy atom. The Morgan fingerprint density at radius 1 is 0.833 bits per heavy atom. The van der Waals surface area contributed by atoms with Crippen LogP contribution in [0.2, 0.25) is 0 Å². The second kappa shape index (κ2) is 8.13. The van der Waals surface area contributed by atoms with Gasteiger partial charge in [0.05, 0.1) is 0 Å². The molecule has 3 heteroatoms. The number of nitrogens with zero attached hydrogens (tertiary/aromatic N) is 2. The second-order valence-corrected chi connectivity index (χ2v) is 5.90. The topological polar surface area (TPSA) is 18.5 Å². The minimum Gasteiger partial charge on any atom is -0.313 e. The van der Waals surface area contributed by atoms with Gasteiger partial charge in [-0.2, -0.15) is 0 Å². The molecule has 0 aromatic rings. The highest BCUT2D eigenvalue weighted by molar-refractivity contribution is 4.80. The molecule has 0 aromatic heterocycles. The van der Waals surface area contributed by atoms with Crippen LogP contribution in [0.4, 0.5) is 0 Å². The van der Waals surface area contributed by atoms with Crippen LogP contribution in [0.25, 0.3) is 0 Å². The van der Waals surface area contributed by atoms with Gasteiger partial charge < -0.3 is 5.32 Å². The molecular formula is C15H33N3. The van der Waals surface area contributed by atoms with Crippen molar-refractivity contribution in [3.8, 4) is 0 Å². The third-order valence-corrected chi connectivity index (χ3v) is 4.56. The number of hydrogen-bond donors (Lipinski definition) is 1. The summed E-state index contributed by atoms with van der Waals surface area (Å²) >= 11 is 0. The normalized spacial score (nSPS) is 23.8. The van der Waals surface area contributed by atoms with E-state index in [1.165, 1.54) is 39.0 Å². The molecule has 3 unspecified atom stereocenters. The van der Waals surface area contributed by atoms with Crippen LogP contribution in [0.5, 0.6) is 0 Å². The van der Waals surface area contributed by atoms with Crippen LogP contribution in [0, 0.1) is 0 Å². The van der Waals surface area contributed by atoms with E-state index < -0.39 is 0 Å². The lowest BCUT2D eigenvalue weighted by atomic mass is 10.1. The molecule has 1 aliphatic heterocycles. The van der Waals surface area contributed by atoms with Gasteiger partial charge >= 0.3 is 0 Å². The average molecular weight is 255 g/mol. The van der Waals surface area contributed by atoms with Gasteiger partial charge in [0.15, 0.2) is 0 Å². The summed E-state index contributed by atoms with van der Waals surface area (Å²) in [5.41, 5.74) is 0. The van der Waals surface area contributed by atoms with Crippen molar-refractivity contribution in [3.05, 3.63) is 0 Å². The minimum absolute atomic E-state index is 0.647. The summed E-state index contributed by atoms with van der Waals surface area (Å²) in [4.78, 5) is 5.26. The Morgan fingerprint density at radius 2 is 1.33 bits per heavy atom. The standard InChI is InChI=1S/C15H33N3/c1-6-13(3)16-12-15(5)18-10-8-17(9-11-18)14(4)7-2/h13-16H,6-12H2,1-5H3. The van der Waals surface area contributed by atoms with Crippen molar-refractivity contribution in [3.63, 3.8) is 0 Å². The highest BCUT2D eigenvalue weighted by atomic mass is 15.3. The summed E-state index contributed by atoms with van der Waals surface area (Å²) in [5.74, 6) is 0. The molecule has 0 radical (unpaired) electrons. The molecule has 1 saturated heterocycles. The first-order chi connectivity index (χ1) is 8.58. The maximum atomic E-state index is 3.62. The number of rotatable bonds is 7. The van der Waals surface area contributed by atoms with Crippen molar-refractivity contribution in [2.24, 2.45) is 0 Å². The molecule has 1 N–H and O–H groups in total. The third kappa shape index (κ3) is 4.87. The SMILES string of the molecule is CCC(C)NCC(C)N1CCN(C(C)CC)CC1. The highest BCUT2D eigenvalue weighted by Gasteiger charge is 2.23. The molecule has 0 bridgehead atoms. The van der Waals surface area contributed by atoms with E-state index in [0.29, 0.717) is 12.1 Å². The van der Waals surface area contributed by atoms with Crippen molar-refractivity contribution >= 4 is 0 Å². The quantitative estimate of drug-likeness (QED) is 0.752. The van der Waals surface area contributed by atoms with E-state index in [1.54, 1.807) is 0 Å². The van der Waals surface area contributed by atoms with Crippen LogP contribution in [-0.2, 0) is 0 Å². The summed E-state index contributed by atoms with van der Waals surface area (Å²) in [6.45, 7) is 17.6. The van der Waals surface area contributed by atoms with Gasteiger partial charge in [0.1, 0.15) is 0 Å². The molecule has 1 rings (SSSR count). The van der Waals surface area contributed by atoms with Crippen molar-refractivity contribution in [2.45, 2.75) is 65.6 Å². The fourth-order valence-electron chi connectivity index (χ4n) is 2.52. The van der Waals surface area contributed by atoms with Gasteiger partial charge in [0.2, 0.25) is 0 Å². The van der Waals surface area contributed by atoms with Crippen molar-refractivity contribution < 1.29 is 0 Å². The Kier molecular flexibility index (Phi) is 7.20. The van der Waals surface area contributed by atoms with Crippen LogP contribution in [-0.4, -0.2) is 60.6 Å². The van der Waals surface area contributed by atoms with E-state index in [0.717, 1.165) is 12.6 Å². The maximum absolute atomic E-state index is 3.62. The van der Waals surface area contributed by atoms with Gasteiger partial charge in [-0.15, -0.1) is 0 Å². The molecule has 1 aliphatic rings. The minimum atomic E-state index is 0.647. The molecule has 18 heavy (non-hydrogen) atoms. The molecule has 0 saturated carbocycles. The molecule has 1 fully saturated rings. The highest BCUT2D eigenvalue weighted by Crippen LogP contribution is 2.10.